The molecule has 1 aliphatic heterocycles. The topological polar surface area (TPSA) is 133 Å². The van der Waals surface area contributed by atoms with Crippen molar-refractivity contribution in [1.82, 2.24) is 0 Å². The Hall–Kier alpha value is -2.98. The molecule has 5 unspecified atom stereocenters. The van der Waals surface area contributed by atoms with Crippen molar-refractivity contribution in [3.8, 4) is 5.75 Å². The van der Waals surface area contributed by atoms with Crippen LogP contribution in [-0.2, 0) is 34.0 Å². The lowest BCUT2D eigenvalue weighted by Crippen LogP contribution is -2.52. The van der Waals surface area contributed by atoms with E-state index in [4.69, 9.17) is 14.2 Å². The number of benzene rings is 2. The lowest BCUT2D eigenvalue weighted by atomic mass is 9.49. The summed E-state index contributed by atoms with van der Waals surface area (Å²) in [7, 11) is -4.34. The van der Waals surface area contributed by atoms with Crippen LogP contribution in [0, 0.1) is 40.4 Å². The summed E-state index contributed by atoms with van der Waals surface area (Å²) >= 11 is 0. The number of esters is 3. The molecule has 0 amide bonds. The van der Waals surface area contributed by atoms with Gasteiger partial charge in [0, 0.05) is 11.8 Å². The van der Waals surface area contributed by atoms with Gasteiger partial charge < -0.3 is 14.2 Å². The molecule has 0 spiro atoms. The molecule has 7 fully saturated rings. The van der Waals surface area contributed by atoms with Gasteiger partial charge >= 0.3 is 17.9 Å². The molecule has 6 aliphatic carbocycles. The first-order valence-corrected chi connectivity index (χ1v) is 15.6. The Labute approximate surface area is 231 Å². The number of carbonyl (C=O) groups excluding carboxylic acids is 3. The first kappa shape index (κ1) is 24.8. The van der Waals surface area contributed by atoms with Crippen LogP contribution in [0.15, 0.2) is 41.3 Å². The zero-order valence-electron chi connectivity index (χ0n) is 21.8. The van der Waals surface area contributed by atoms with Gasteiger partial charge in [-0.3, -0.25) is 18.9 Å². The molecule has 40 heavy (non-hydrogen) atoms. The molecular formula is C30H30O9S. The highest BCUT2D eigenvalue weighted by atomic mass is 32.2. The summed E-state index contributed by atoms with van der Waals surface area (Å²) < 4.78 is 49.8. The van der Waals surface area contributed by atoms with E-state index in [9.17, 15) is 27.4 Å². The van der Waals surface area contributed by atoms with E-state index in [1.807, 2.05) is 0 Å². The fourth-order valence-electron chi connectivity index (χ4n) is 9.66. The standard InChI is InChI=1S/C30H30O9S/c31-26(29-11-15-5-16(12-29)7-17(6-15)13-29)38-24-20-10-23-25(24)39-28(33)30(23,14-20)27(32)37-21-3-1-19-9-22(40(34,35)36)4-2-18(19)8-21/h1-4,8-9,15-17,20,23-25H,5-7,10-14H2,(H,34,35,36). The quantitative estimate of drug-likeness (QED) is 0.246. The molecule has 6 saturated carbocycles. The normalized spacial score (nSPS) is 40.4. The number of fused-ring (bicyclic) bond motifs is 2. The molecule has 1 heterocycles. The molecule has 210 valence electrons. The zero-order chi connectivity index (χ0) is 27.6. The minimum atomic E-state index is -4.34. The first-order chi connectivity index (χ1) is 19.0. The van der Waals surface area contributed by atoms with Gasteiger partial charge in [0.15, 0.2) is 5.41 Å². The van der Waals surface area contributed by atoms with Crippen LogP contribution in [0.5, 0.6) is 5.75 Å². The van der Waals surface area contributed by atoms with Gasteiger partial charge in [0.25, 0.3) is 10.1 Å². The summed E-state index contributed by atoms with van der Waals surface area (Å²) in [5, 5.41) is 1.14. The van der Waals surface area contributed by atoms with Crippen molar-refractivity contribution in [2.45, 2.75) is 68.5 Å². The van der Waals surface area contributed by atoms with Crippen molar-refractivity contribution in [2.24, 2.45) is 40.4 Å². The van der Waals surface area contributed by atoms with Crippen LogP contribution in [-0.4, -0.2) is 43.1 Å². The summed E-state index contributed by atoms with van der Waals surface area (Å²) in [6.07, 6.45) is 6.06. The molecule has 2 aromatic carbocycles. The fraction of sp³-hybridized carbons (Fsp3) is 0.567. The molecule has 6 bridgehead atoms. The van der Waals surface area contributed by atoms with Crippen molar-refractivity contribution in [1.29, 1.82) is 0 Å². The Morgan fingerprint density at radius 1 is 0.875 bits per heavy atom. The van der Waals surface area contributed by atoms with Gasteiger partial charge in [-0.15, -0.1) is 0 Å². The molecule has 1 N–H and O–H groups in total. The molecule has 5 atom stereocenters. The van der Waals surface area contributed by atoms with Crippen LogP contribution in [0.25, 0.3) is 10.8 Å². The molecule has 2 aromatic rings. The molecular weight excluding hydrogens is 536 g/mol. The van der Waals surface area contributed by atoms with Gasteiger partial charge in [-0.05, 0) is 104 Å². The number of carbonyl (C=O) groups is 3. The van der Waals surface area contributed by atoms with Crippen LogP contribution in [0.1, 0.15) is 51.4 Å². The summed E-state index contributed by atoms with van der Waals surface area (Å²) in [6.45, 7) is 0. The van der Waals surface area contributed by atoms with E-state index in [-0.39, 0.29) is 29.0 Å². The molecule has 1 saturated heterocycles. The predicted octanol–water partition coefficient (Wildman–Crippen LogP) is 4.07. The smallest absolute Gasteiger partial charge is 0.329 e. The van der Waals surface area contributed by atoms with Crippen LogP contribution in [0.4, 0.5) is 0 Å². The average molecular weight is 567 g/mol. The number of ether oxygens (including phenoxy) is 3. The van der Waals surface area contributed by atoms with E-state index in [2.05, 4.69) is 0 Å². The monoisotopic (exact) mass is 566 g/mol. The minimum Gasteiger partial charge on any atom is -0.458 e. The van der Waals surface area contributed by atoms with E-state index in [0.717, 1.165) is 19.3 Å². The van der Waals surface area contributed by atoms with Crippen molar-refractivity contribution in [3.05, 3.63) is 36.4 Å². The van der Waals surface area contributed by atoms with Crippen molar-refractivity contribution >= 4 is 38.8 Å². The Morgan fingerprint density at radius 3 is 2.20 bits per heavy atom. The van der Waals surface area contributed by atoms with Crippen LogP contribution in [0.3, 0.4) is 0 Å². The zero-order valence-corrected chi connectivity index (χ0v) is 22.6. The Balaban J connectivity index is 0.997. The van der Waals surface area contributed by atoms with E-state index < -0.39 is 51.0 Å². The van der Waals surface area contributed by atoms with Gasteiger partial charge in [-0.1, -0.05) is 12.1 Å². The summed E-state index contributed by atoms with van der Waals surface area (Å²) in [5.41, 5.74) is -1.81. The van der Waals surface area contributed by atoms with E-state index >= 15 is 0 Å². The molecule has 7 aliphatic rings. The van der Waals surface area contributed by atoms with Gasteiger partial charge in [0.1, 0.15) is 18.0 Å². The molecule has 0 radical (unpaired) electrons. The Bertz CT molecular complexity index is 1560. The van der Waals surface area contributed by atoms with Crippen molar-refractivity contribution < 1.29 is 41.6 Å². The average Bonchev–Trinajstić information content (AvgIpc) is 3.50. The maximum atomic E-state index is 13.6. The maximum Gasteiger partial charge on any atom is 0.329 e. The largest absolute Gasteiger partial charge is 0.458 e. The maximum absolute atomic E-state index is 13.6. The second kappa shape index (κ2) is 8.06. The second-order valence-electron chi connectivity index (χ2n) is 13.3. The Morgan fingerprint density at radius 2 is 1.52 bits per heavy atom. The highest BCUT2D eigenvalue weighted by Gasteiger charge is 2.76. The summed E-state index contributed by atoms with van der Waals surface area (Å²) in [6, 6.07) is 8.79. The molecule has 10 heteroatoms. The third-order valence-electron chi connectivity index (χ3n) is 10.9. The number of hydrogen-bond acceptors (Lipinski definition) is 8. The van der Waals surface area contributed by atoms with Crippen LogP contribution in [0.2, 0.25) is 0 Å². The third-order valence-corrected chi connectivity index (χ3v) is 11.8. The van der Waals surface area contributed by atoms with Crippen LogP contribution >= 0.6 is 0 Å². The van der Waals surface area contributed by atoms with Crippen LogP contribution < -0.4 is 4.74 Å². The van der Waals surface area contributed by atoms with E-state index in [1.165, 1.54) is 43.5 Å². The molecule has 0 aromatic heterocycles. The number of hydrogen-bond donors (Lipinski definition) is 1. The van der Waals surface area contributed by atoms with E-state index in [0.29, 0.717) is 34.9 Å². The summed E-state index contributed by atoms with van der Waals surface area (Å²) in [4.78, 5) is 40.1. The van der Waals surface area contributed by atoms with Crippen molar-refractivity contribution in [2.75, 3.05) is 0 Å². The van der Waals surface area contributed by atoms with Gasteiger partial charge in [0.05, 0.1) is 10.3 Å². The summed E-state index contributed by atoms with van der Waals surface area (Å²) in [5.74, 6) is 0.117. The predicted molar refractivity (Wildman–Crippen MR) is 138 cm³/mol. The second-order valence-corrected chi connectivity index (χ2v) is 14.7. The fourth-order valence-corrected chi connectivity index (χ4v) is 10.2. The van der Waals surface area contributed by atoms with Gasteiger partial charge in [-0.2, -0.15) is 8.42 Å². The van der Waals surface area contributed by atoms with Crippen molar-refractivity contribution in [3.63, 3.8) is 0 Å². The highest BCUT2D eigenvalue weighted by molar-refractivity contribution is 7.85. The third kappa shape index (κ3) is 3.41. The Kier molecular flexibility index (Phi) is 5.00. The van der Waals surface area contributed by atoms with Gasteiger partial charge in [-0.25, -0.2) is 0 Å². The first-order valence-electron chi connectivity index (χ1n) is 14.2. The minimum absolute atomic E-state index is 0.131. The molecule has 9 nitrogen and oxygen atoms in total. The van der Waals surface area contributed by atoms with Gasteiger partial charge in [0.2, 0.25) is 0 Å². The highest BCUT2D eigenvalue weighted by Crippen LogP contribution is 2.64. The molecule has 9 rings (SSSR count). The lowest BCUT2D eigenvalue weighted by molar-refractivity contribution is -0.185. The SMILES string of the molecule is O=C(OC1C2CC3C1OC(=O)C3(C(=O)Oc1ccc3cc(S(=O)(=O)O)ccc3c1)C2)C12CC3CC(CC(C3)C1)C2. The lowest BCUT2D eigenvalue weighted by Gasteiger charge is -2.55. The van der Waals surface area contributed by atoms with E-state index in [1.54, 1.807) is 12.1 Å². The number of rotatable bonds is 5.